The predicted molar refractivity (Wildman–Crippen MR) is 98.3 cm³/mol. The van der Waals surface area contributed by atoms with E-state index in [1.807, 2.05) is 6.07 Å². The van der Waals surface area contributed by atoms with Crippen LogP contribution < -0.4 is 16.0 Å². The normalized spacial score (nSPS) is 31.5. The number of benzene rings is 1. The van der Waals surface area contributed by atoms with Gasteiger partial charge < -0.3 is 10.6 Å². The largest absolute Gasteiger partial charge is 0.311 e. The van der Waals surface area contributed by atoms with Crippen LogP contribution in [0, 0.1) is 0 Å². The molecule has 1 aromatic carbocycles. The number of carbonyl (C=O) groups excluding carboxylic acids is 4. The van der Waals surface area contributed by atoms with Crippen LogP contribution in [0.15, 0.2) is 18.2 Å². The number of rotatable bonds is 4. The number of imide groups is 2. The van der Waals surface area contributed by atoms with E-state index in [0.29, 0.717) is 29.3 Å². The molecule has 1 aliphatic carbocycles. The molecule has 5 rings (SSSR count). The Morgan fingerprint density at radius 3 is 2.61 bits per heavy atom. The highest BCUT2D eigenvalue weighted by molar-refractivity contribution is 6.24. The fourth-order valence-electron chi connectivity index (χ4n) is 4.84. The molecule has 0 radical (unpaired) electrons. The molecule has 2 saturated heterocycles. The summed E-state index contributed by atoms with van der Waals surface area (Å²) in [4.78, 5) is 50.5. The first kappa shape index (κ1) is 17.5. The molecule has 1 aromatic rings. The van der Waals surface area contributed by atoms with Gasteiger partial charge in [-0.2, -0.15) is 0 Å². The van der Waals surface area contributed by atoms with Gasteiger partial charge in [-0.05, 0) is 43.9 Å². The van der Waals surface area contributed by atoms with Gasteiger partial charge in [-0.15, -0.1) is 0 Å². The summed E-state index contributed by atoms with van der Waals surface area (Å²) < 4.78 is 0. The average molecular weight is 382 g/mol. The van der Waals surface area contributed by atoms with Crippen LogP contribution in [0.1, 0.15) is 58.4 Å². The van der Waals surface area contributed by atoms with Crippen LogP contribution in [-0.4, -0.2) is 52.7 Å². The molecule has 0 bridgehead atoms. The van der Waals surface area contributed by atoms with E-state index in [1.165, 1.54) is 6.42 Å². The second-order valence-corrected chi connectivity index (χ2v) is 8.23. The van der Waals surface area contributed by atoms with E-state index in [9.17, 15) is 19.2 Å². The summed E-state index contributed by atoms with van der Waals surface area (Å²) in [6.07, 6.45) is 3.67. The van der Waals surface area contributed by atoms with Crippen LogP contribution in [-0.2, 0) is 16.1 Å². The summed E-state index contributed by atoms with van der Waals surface area (Å²) in [5.41, 5.74) is 1.80. The standard InChI is InChI=1S/C20H22N4O4/c25-15-5-4-14(17(26)23-15)24-18(27)13-3-1-2-11(16(13)19(24)28)10-21-12-8-20(9-12)6-7-22-20/h1-3,12,14,21-22H,4-10H2,(H,23,25,26). The van der Waals surface area contributed by atoms with Crippen LogP contribution in [0.4, 0.5) is 0 Å². The number of hydrogen-bond acceptors (Lipinski definition) is 6. The second-order valence-electron chi connectivity index (χ2n) is 8.23. The van der Waals surface area contributed by atoms with E-state index in [2.05, 4.69) is 16.0 Å². The fourth-order valence-corrected chi connectivity index (χ4v) is 4.84. The number of carbonyl (C=O) groups is 4. The van der Waals surface area contributed by atoms with Crippen molar-refractivity contribution in [2.45, 2.75) is 56.3 Å². The molecule has 1 saturated carbocycles. The third-order valence-electron chi connectivity index (χ3n) is 6.51. The maximum Gasteiger partial charge on any atom is 0.262 e. The highest BCUT2D eigenvalue weighted by Crippen LogP contribution is 2.40. The molecule has 1 unspecified atom stereocenters. The molecule has 8 nitrogen and oxygen atoms in total. The fraction of sp³-hybridized carbons (Fsp3) is 0.500. The van der Waals surface area contributed by atoms with E-state index in [0.717, 1.165) is 29.8 Å². The van der Waals surface area contributed by atoms with E-state index in [1.54, 1.807) is 12.1 Å². The molecule has 3 fully saturated rings. The molecule has 1 atom stereocenters. The quantitative estimate of drug-likeness (QED) is 0.637. The predicted octanol–water partition coefficient (Wildman–Crippen LogP) is 0.0719. The van der Waals surface area contributed by atoms with Gasteiger partial charge in [-0.3, -0.25) is 29.4 Å². The van der Waals surface area contributed by atoms with Crippen molar-refractivity contribution in [2.75, 3.05) is 6.54 Å². The summed E-state index contributed by atoms with van der Waals surface area (Å²) in [5.74, 6) is -1.87. The van der Waals surface area contributed by atoms with Crippen molar-refractivity contribution in [3.8, 4) is 0 Å². The lowest BCUT2D eigenvalue weighted by atomic mass is 9.66. The molecule has 146 valence electrons. The van der Waals surface area contributed by atoms with Crippen molar-refractivity contribution in [3.05, 3.63) is 34.9 Å². The van der Waals surface area contributed by atoms with Crippen LogP contribution >= 0.6 is 0 Å². The van der Waals surface area contributed by atoms with Gasteiger partial charge in [0.15, 0.2) is 0 Å². The first-order chi connectivity index (χ1) is 13.5. The molecule has 3 heterocycles. The van der Waals surface area contributed by atoms with Crippen molar-refractivity contribution >= 4 is 23.6 Å². The van der Waals surface area contributed by atoms with E-state index in [-0.39, 0.29) is 18.7 Å². The molecular weight excluding hydrogens is 360 g/mol. The first-order valence-electron chi connectivity index (χ1n) is 9.79. The van der Waals surface area contributed by atoms with E-state index >= 15 is 0 Å². The molecule has 28 heavy (non-hydrogen) atoms. The van der Waals surface area contributed by atoms with E-state index < -0.39 is 23.8 Å². The van der Waals surface area contributed by atoms with Gasteiger partial charge in [0.25, 0.3) is 11.8 Å². The Kier molecular flexibility index (Phi) is 3.89. The van der Waals surface area contributed by atoms with Gasteiger partial charge in [-0.25, -0.2) is 0 Å². The molecular formula is C20H22N4O4. The number of hydrogen-bond donors (Lipinski definition) is 3. The zero-order valence-electron chi connectivity index (χ0n) is 15.4. The third kappa shape index (κ3) is 2.59. The summed E-state index contributed by atoms with van der Waals surface area (Å²) in [6, 6.07) is 4.72. The topological polar surface area (TPSA) is 108 Å². The average Bonchev–Trinajstić information content (AvgIpc) is 2.84. The monoisotopic (exact) mass is 382 g/mol. The van der Waals surface area contributed by atoms with Crippen LogP contribution in [0.5, 0.6) is 0 Å². The molecule has 0 aromatic heterocycles. The van der Waals surface area contributed by atoms with Gasteiger partial charge in [0.1, 0.15) is 6.04 Å². The number of piperidine rings is 1. The van der Waals surface area contributed by atoms with Gasteiger partial charge in [0, 0.05) is 24.5 Å². The van der Waals surface area contributed by atoms with Crippen LogP contribution in [0.25, 0.3) is 0 Å². The highest BCUT2D eigenvalue weighted by Gasteiger charge is 2.48. The van der Waals surface area contributed by atoms with Crippen molar-refractivity contribution in [1.82, 2.24) is 20.9 Å². The van der Waals surface area contributed by atoms with Gasteiger partial charge in [0.05, 0.1) is 11.1 Å². The Labute approximate surface area is 162 Å². The number of nitrogens with zero attached hydrogens (tertiary/aromatic N) is 1. The molecule has 4 amide bonds. The van der Waals surface area contributed by atoms with Crippen molar-refractivity contribution in [2.24, 2.45) is 0 Å². The van der Waals surface area contributed by atoms with Crippen molar-refractivity contribution < 1.29 is 19.2 Å². The first-order valence-corrected chi connectivity index (χ1v) is 9.79. The summed E-state index contributed by atoms with van der Waals surface area (Å²) in [7, 11) is 0. The van der Waals surface area contributed by atoms with Crippen molar-refractivity contribution in [1.29, 1.82) is 0 Å². The lowest BCUT2D eigenvalue weighted by Crippen LogP contribution is -2.68. The van der Waals surface area contributed by atoms with Gasteiger partial charge in [-0.1, -0.05) is 12.1 Å². The van der Waals surface area contributed by atoms with Gasteiger partial charge in [0.2, 0.25) is 11.8 Å². The maximum absolute atomic E-state index is 13.0. The summed E-state index contributed by atoms with van der Waals surface area (Å²) in [5, 5.41) is 9.19. The van der Waals surface area contributed by atoms with Crippen molar-refractivity contribution in [3.63, 3.8) is 0 Å². The minimum Gasteiger partial charge on any atom is -0.311 e. The number of amides is 4. The van der Waals surface area contributed by atoms with Crippen LogP contribution in [0.3, 0.4) is 0 Å². The number of fused-ring (bicyclic) bond motifs is 1. The van der Waals surface area contributed by atoms with E-state index in [4.69, 9.17) is 0 Å². The Morgan fingerprint density at radius 1 is 1.14 bits per heavy atom. The van der Waals surface area contributed by atoms with Gasteiger partial charge >= 0.3 is 0 Å². The molecule has 1 spiro atoms. The highest BCUT2D eigenvalue weighted by atomic mass is 16.2. The smallest absolute Gasteiger partial charge is 0.262 e. The molecule has 3 N–H and O–H groups in total. The zero-order valence-corrected chi connectivity index (χ0v) is 15.4. The molecule has 8 heteroatoms. The lowest BCUT2D eigenvalue weighted by Gasteiger charge is -2.55. The Balaban J connectivity index is 1.33. The summed E-state index contributed by atoms with van der Waals surface area (Å²) in [6.45, 7) is 1.60. The second kappa shape index (κ2) is 6.22. The third-order valence-corrected chi connectivity index (χ3v) is 6.51. The number of nitrogens with one attached hydrogen (secondary N) is 3. The lowest BCUT2D eigenvalue weighted by molar-refractivity contribution is -0.136. The maximum atomic E-state index is 13.0. The summed E-state index contributed by atoms with van der Waals surface area (Å²) >= 11 is 0. The Bertz CT molecular complexity index is 899. The Morgan fingerprint density at radius 2 is 1.93 bits per heavy atom. The minimum atomic E-state index is -0.929. The molecule has 4 aliphatic rings. The molecule has 3 aliphatic heterocycles. The Hall–Kier alpha value is -2.58. The van der Waals surface area contributed by atoms with Crippen LogP contribution in [0.2, 0.25) is 0 Å². The SMILES string of the molecule is O=C1CCC(N2C(=O)c3cccc(CNC4CC5(CCN5)C4)c3C2=O)C(=O)N1. The zero-order chi connectivity index (χ0) is 19.5. The minimum absolute atomic E-state index is 0.121.